The van der Waals surface area contributed by atoms with Crippen LogP contribution in [0.15, 0.2) is 48.5 Å². The maximum atomic E-state index is 13.2. The summed E-state index contributed by atoms with van der Waals surface area (Å²) in [5, 5.41) is 3.04. The zero-order chi connectivity index (χ0) is 23.2. The molecule has 2 unspecified atom stereocenters. The quantitative estimate of drug-likeness (QED) is 0.598. The molecule has 7 nitrogen and oxygen atoms in total. The topological polar surface area (TPSA) is 84.9 Å². The largest absolute Gasteiger partial charge is 0.493 e. The van der Waals surface area contributed by atoms with Crippen LogP contribution in [0.2, 0.25) is 0 Å². The number of amides is 1. The van der Waals surface area contributed by atoms with Crippen molar-refractivity contribution in [2.45, 2.75) is 39.3 Å². The number of carbonyl (C=O) groups is 1. The fourth-order valence-corrected chi connectivity index (χ4v) is 4.66. The summed E-state index contributed by atoms with van der Waals surface area (Å²) >= 11 is 0. The Morgan fingerprint density at radius 3 is 2.13 bits per heavy atom. The first-order chi connectivity index (χ1) is 14.6. The van der Waals surface area contributed by atoms with Gasteiger partial charge in [0.2, 0.25) is 15.9 Å². The minimum Gasteiger partial charge on any atom is -0.493 e. The van der Waals surface area contributed by atoms with Crippen LogP contribution >= 0.6 is 0 Å². The summed E-state index contributed by atoms with van der Waals surface area (Å²) in [6, 6.07) is 13.2. The molecule has 8 heteroatoms. The van der Waals surface area contributed by atoms with Gasteiger partial charge in [-0.15, -0.1) is 0 Å². The number of methoxy groups -OCH3 is 2. The lowest BCUT2D eigenvalue weighted by molar-refractivity contribution is -0.122. The lowest BCUT2D eigenvalue weighted by atomic mass is 9.96. The zero-order valence-electron chi connectivity index (χ0n) is 19.0. The SMILES string of the molecule is COc1ccc(N(C(C)C(=O)NC(CC(C)C)c2ccccc2)S(C)(=O)=O)cc1OC. The molecule has 2 atom stereocenters. The minimum absolute atomic E-state index is 0.219. The third-order valence-corrected chi connectivity index (χ3v) is 6.18. The molecular formula is C23H32N2O5S. The zero-order valence-corrected chi connectivity index (χ0v) is 19.8. The van der Waals surface area contributed by atoms with Crippen molar-refractivity contribution in [1.82, 2.24) is 5.32 Å². The van der Waals surface area contributed by atoms with Gasteiger partial charge in [-0.25, -0.2) is 8.42 Å². The van der Waals surface area contributed by atoms with Crippen molar-refractivity contribution in [2.24, 2.45) is 5.92 Å². The predicted octanol–water partition coefficient (Wildman–Crippen LogP) is 3.76. The molecule has 2 aromatic rings. The number of hydrogen-bond acceptors (Lipinski definition) is 5. The summed E-state index contributed by atoms with van der Waals surface area (Å²) < 4.78 is 36.9. The van der Waals surface area contributed by atoms with E-state index in [2.05, 4.69) is 19.2 Å². The van der Waals surface area contributed by atoms with Crippen LogP contribution in [0.1, 0.15) is 38.8 Å². The minimum atomic E-state index is -3.75. The number of ether oxygens (including phenoxy) is 2. The summed E-state index contributed by atoms with van der Waals surface area (Å²) in [5.41, 5.74) is 1.30. The van der Waals surface area contributed by atoms with Crippen molar-refractivity contribution in [3.63, 3.8) is 0 Å². The molecule has 0 spiro atoms. The molecule has 0 aliphatic carbocycles. The Balaban J connectivity index is 2.36. The number of nitrogens with one attached hydrogen (secondary N) is 1. The van der Waals surface area contributed by atoms with Crippen LogP contribution < -0.4 is 19.1 Å². The molecule has 0 bridgehead atoms. The smallest absolute Gasteiger partial charge is 0.244 e. The Bertz CT molecular complexity index is 977. The van der Waals surface area contributed by atoms with Crippen LogP contribution in [-0.2, 0) is 14.8 Å². The van der Waals surface area contributed by atoms with E-state index in [0.29, 0.717) is 23.1 Å². The molecule has 31 heavy (non-hydrogen) atoms. The molecule has 2 aromatic carbocycles. The summed E-state index contributed by atoms with van der Waals surface area (Å²) in [4.78, 5) is 13.2. The fraction of sp³-hybridized carbons (Fsp3) is 0.435. The summed E-state index contributed by atoms with van der Waals surface area (Å²) in [5.74, 6) is 0.813. The van der Waals surface area contributed by atoms with Crippen LogP contribution in [0, 0.1) is 5.92 Å². The summed E-state index contributed by atoms with van der Waals surface area (Å²) in [7, 11) is -0.783. The van der Waals surface area contributed by atoms with Crippen molar-refractivity contribution in [1.29, 1.82) is 0 Å². The van der Waals surface area contributed by atoms with Gasteiger partial charge in [-0.2, -0.15) is 0 Å². The monoisotopic (exact) mass is 448 g/mol. The highest BCUT2D eigenvalue weighted by molar-refractivity contribution is 7.92. The standard InChI is InChI=1S/C23H32N2O5S/c1-16(2)14-20(18-10-8-7-9-11-18)24-23(26)17(3)25(31(6,27)28)19-12-13-21(29-4)22(15-19)30-5/h7-13,15-17,20H,14H2,1-6H3,(H,24,26). The number of nitrogens with zero attached hydrogens (tertiary/aromatic N) is 1. The Kier molecular flexibility index (Phi) is 8.33. The maximum absolute atomic E-state index is 13.2. The molecule has 0 radical (unpaired) electrons. The fourth-order valence-electron chi connectivity index (χ4n) is 3.50. The van der Waals surface area contributed by atoms with Gasteiger partial charge < -0.3 is 14.8 Å². The Morgan fingerprint density at radius 2 is 1.61 bits per heavy atom. The Labute approximate surface area is 185 Å². The van der Waals surface area contributed by atoms with Gasteiger partial charge in [-0.1, -0.05) is 44.2 Å². The van der Waals surface area contributed by atoms with E-state index in [1.165, 1.54) is 14.2 Å². The molecule has 0 fully saturated rings. The first kappa shape index (κ1) is 24.5. The summed E-state index contributed by atoms with van der Waals surface area (Å²) in [6.45, 7) is 5.74. The van der Waals surface area contributed by atoms with Crippen LogP contribution in [0.5, 0.6) is 11.5 Å². The van der Waals surface area contributed by atoms with Crippen LogP contribution in [0.4, 0.5) is 5.69 Å². The lowest BCUT2D eigenvalue weighted by Gasteiger charge is -2.30. The van der Waals surface area contributed by atoms with E-state index in [-0.39, 0.29) is 11.9 Å². The van der Waals surface area contributed by atoms with Gasteiger partial charge in [0.05, 0.1) is 32.2 Å². The van der Waals surface area contributed by atoms with Gasteiger partial charge in [0, 0.05) is 6.07 Å². The van der Waals surface area contributed by atoms with Gasteiger partial charge in [0.1, 0.15) is 6.04 Å². The number of rotatable bonds is 10. The number of hydrogen-bond donors (Lipinski definition) is 1. The number of sulfonamides is 1. The number of carbonyl (C=O) groups excluding carboxylic acids is 1. The van der Waals surface area contributed by atoms with Crippen LogP contribution in [0.25, 0.3) is 0 Å². The molecule has 1 N–H and O–H groups in total. The van der Waals surface area contributed by atoms with Crippen LogP contribution in [0.3, 0.4) is 0 Å². The highest BCUT2D eigenvalue weighted by Crippen LogP contribution is 2.33. The molecule has 0 aliphatic heterocycles. The molecular weight excluding hydrogens is 416 g/mol. The van der Waals surface area contributed by atoms with Crippen molar-refractivity contribution in [3.05, 3.63) is 54.1 Å². The average molecular weight is 449 g/mol. The molecule has 0 heterocycles. The second-order valence-corrected chi connectivity index (χ2v) is 9.73. The average Bonchev–Trinajstić information content (AvgIpc) is 2.72. The highest BCUT2D eigenvalue weighted by atomic mass is 32.2. The van der Waals surface area contributed by atoms with E-state index in [1.54, 1.807) is 25.1 Å². The van der Waals surface area contributed by atoms with Crippen LogP contribution in [-0.4, -0.2) is 40.8 Å². The normalized spacial score (nSPS) is 13.4. The van der Waals surface area contributed by atoms with Gasteiger partial charge in [0.15, 0.2) is 11.5 Å². The first-order valence-electron chi connectivity index (χ1n) is 10.1. The van der Waals surface area contributed by atoms with Crippen molar-refractivity contribution in [2.75, 3.05) is 24.8 Å². The van der Waals surface area contributed by atoms with E-state index in [9.17, 15) is 13.2 Å². The van der Waals surface area contributed by atoms with Gasteiger partial charge >= 0.3 is 0 Å². The van der Waals surface area contributed by atoms with Crippen molar-refractivity contribution >= 4 is 21.6 Å². The van der Waals surface area contributed by atoms with E-state index in [0.717, 1.165) is 22.5 Å². The third kappa shape index (κ3) is 6.37. The van der Waals surface area contributed by atoms with E-state index in [4.69, 9.17) is 9.47 Å². The number of benzene rings is 2. The molecule has 0 saturated carbocycles. The van der Waals surface area contributed by atoms with Gasteiger partial charge in [0.25, 0.3) is 0 Å². The molecule has 2 rings (SSSR count). The van der Waals surface area contributed by atoms with Crippen molar-refractivity contribution in [3.8, 4) is 11.5 Å². The summed E-state index contributed by atoms with van der Waals surface area (Å²) in [6.07, 6.45) is 1.81. The molecule has 170 valence electrons. The molecule has 0 saturated heterocycles. The maximum Gasteiger partial charge on any atom is 0.244 e. The second-order valence-electron chi connectivity index (χ2n) is 7.88. The third-order valence-electron chi connectivity index (χ3n) is 4.94. The van der Waals surface area contributed by atoms with Gasteiger partial charge in [-0.05, 0) is 37.0 Å². The second kappa shape index (κ2) is 10.5. The van der Waals surface area contributed by atoms with E-state index < -0.39 is 16.1 Å². The first-order valence-corrected chi connectivity index (χ1v) is 12.0. The number of anilines is 1. The molecule has 0 aliphatic rings. The van der Waals surface area contributed by atoms with Crippen molar-refractivity contribution < 1.29 is 22.7 Å². The Hall–Kier alpha value is -2.74. The van der Waals surface area contributed by atoms with E-state index >= 15 is 0 Å². The molecule has 1 amide bonds. The van der Waals surface area contributed by atoms with E-state index in [1.807, 2.05) is 30.3 Å². The van der Waals surface area contributed by atoms with Gasteiger partial charge in [-0.3, -0.25) is 9.10 Å². The predicted molar refractivity (Wildman–Crippen MR) is 123 cm³/mol. The molecule has 0 aromatic heterocycles. The lowest BCUT2D eigenvalue weighted by Crippen LogP contribution is -2.48. The highest BCUT2D eigenvalue weighted by Gasteiger charge is 2.31. The Morgan fingerprint density at radius 1 is 1.00 bits per heavy atom.